The molecule has 0 aliphatic heterocycles. The second-order valence-corrected chi connectivity index (χ2v) is 8.14. The normalized spacial score (nSPS) is 19.8. The quantitative estimate of drug-likeness (QED) is 0.647. The molecule has 0 amide bonds. The third kappa shape index (κ3) is 3.12. The molecule has 0 fully saturated rings. The summed E-state index contributed by atoms with van der Waals surface area (Å²) in [4.78, 5) is 43.7. The average Bonchev–Trinajstić information content (AvgIpc) is 3.09. The zero-order valence-corrected chi connectivity index (χ0v) is 17.7. The smallest absolute Gasteiger partial charge is 0.280 e. The largest absolute Gasteiger partial charge is 0.295 e. The second-order valence-electron chi connectivity index (χ2n) is 8.14. The Morgan fingerprint density at radius 3 is 2.34 bits per heavy atom. The molecule has 6 nitrogen and oxygen atoms in total. The lowest BCUT2D eigenvalue weighted by Crippen LogP contribution is -2.37. The van der Waals surface area contributed by atoms with E-state index in [1.54, 1.807) is 49.4 Å². The van der Waals surface area contributed by atoms with Crippen LogP contribution in [0.1, 0.15) is 37.5 Å². The zero-order chi connectivity index (χ0) is 22.4. The van der Waals surface area contributed by atoms with Crippen LogP contribution >= 0.6 is 0 Å². The number of rotatable bonds is 3. The van der Waals surface area contributed by atoms with Gasteiger partial charge in [0.25, 0.3) is 5.56 Å². The van der Waals surface area contributed by atoms with Crippen molar-refractivity contribution in [3.8, 4) is 5.69 Å². The summed E-state index contributed by atoms with van der Waals surface area (Å²) < 4.78 is 1.47. The summed E-state index contributed by atoms with van der Waals surface area (Å²) >= 11 is 0. The Morgan fingerprint density at radius 1 is 0.938 bits per heavy atom. The molecule has 3 aromatic rings. The number of aromatic nitrogens is 2. The number of allylic oxidation sites excluding steroid dienone is 4. The van der Waals surface area contributed by atoms with Gasteiger partial charge in [0.2, 0.25) is 0 Å². The number of hydrogen-bond donors (Lipinski definition) is 1. The van der Waals surface area contributed by atoms with E-state index in [0.717, 1.165) is 11.3 Å². The molecule has 158 valence electrons. The number of fused-ring (bicyclic) bond motifs is 2. The minimum atomic E-state index is -0.683. The molecule has 2 aliphatic rings. The number of aliphatic imine (C=N–C) groups is 1. The van der Waals surface area contributed by atoms with Gasteiger partial charge < -0.3 is 0 Å². The van der Waals surface area contributed by atoms with E-state index in [1.807, 2.05) is 31.2 Å². The molecule has 2 aromatic carbocycles. The molecule has 0 bridgehead atoms. The van der Waals surface area contributed by atoms with Crippen molar-refractivity contribution in [2.24, 2.45) is 16.8 Å². The van der Waals surface area contributed by atoms with Crippen LogP contribution in [0.2, 0.25) is 0 Å². The van der Waals surface area contributed by atoms with Gasteiger partial charge in [-0.2, -0.15) is 0 Å². The zero-order valence-electron chi connectivity index (χ0n) is 17.7. The number of hydrogen-bond acceptors (Lipinski definition) is 4. The molecular formula is C26H21N3O3. The lowest BCUT2D eigenvalue weighted by atomic mass is 9.71. The van der Waals surface area contributed by atoms with Crippen LogP contribution in [0.25, 0.3) is 5.69 Å². The Kier molecular flexibility index (Phi) is 4.70. The van der Waals surface area contributed by atoms with Gasteiger partial charge in [-0.1, -0.05) is 54.1 Å². The molecule has 0 radical (unpaired) electrons. The van der Waals surface area contributed by atoms with Crippen molar-refractivity contribution in [3.05, 3.63) is 111 Å². The maximum atomic E-state index is 13.2. The fourth-order valence-electron chi connectivity index (χ4n) is 4.32. The first-order valence-electron chi connectivity index (χ1n) is 10.4. The van der Waals surface area contributed by atoms with Crippen molar-refractivity contribution in [3.63, 3.8) is 0 Å². The van der Waals surface area contributed by atoms with Crippen molar-refractivity contribution in [1.29, 1.82) is 0 Å². The van der Waals surface area contributed by atoms with Crippen LogP contribution in [0.15, 0.2) is 82.2 Å². The van der Waals surface area contributed by atoms with Gasteiger partial charge in [0, 0.05) is 23.0 Å². The summed E-state index contributed by atoms with van der Waals surface area (Å²) in [5, 5.41) is 3.08. The fourth-order valence-corrected chi connectivity index (χ4v) is 4.32. The number of H-pyrrole nitrogens is 1. The molecule has 1 aromatic heterocycles. The number of Topliss-reactive ketones (excluding diaryl/α,β-unsaturated/α-hetero) is 2. The van der Waals surface area contributed by atoms with Gasteiger partial charge in [0.15, 0.2) is 11.6 Å². The summed E-state index contributed by atoms with van der Waals surface area (Å²) in [6.07, 6.45) is 6.73. The standard InChI is InChI=1S/C26H21N3O3/c1-15-10-12-17(13-11-15)29-26(32)21(16(2)28-29)14-27-22-9-5-8-20-23(22)25(31)19-7-4-3-6-18(19)24(20)30/h3-14,20,23,28H,1-2H3/t20-,23+/m0/s1. The van der Waals surface area contributed by atoms with Crippen LogP contribution in [-0.2, 0) is 0 Å². The van der Waals surface area contributed by atoms with Crippen LogP contribution in [0.5, 0.6) is 0 Å². The summed E-state index contributed by atoms with van der Waals surface area (Å²) in [7, 11) is 0. The van der Waals surface area contributed by atoms with Crippen LogP contribution in [0.4, 0.5) is 0 Å². The van der Waals surface area contributed by atoms with Crippen LogP contribution in [-0.4, -0.2) is 27.6 Å². The van der Waals surface area contributed by atoms with E-state index in [-0.39, 0.29) is 17.1 Å². The SMILES string of the molecule is Cc1ccc(-n2[nH]c(C)c(C=NC3=CC=C[C@@H]4C(=O)c5ccccc5C(=O)[C@@H]34)c2=O)cc1. The van der Waals surface area contributed by atoms with Gasteiger partial charge >= 0.3 is 0 Å². The Morgan fingerprint density at radius 2 is 1.62 bits per heavy atom. The number of carbonyl (C=O) groups excluding carboxylic acids is 2. The molecule has 2 aliphatic carbocycles. The lowest BCUT2D eigenvalue weighted by Gasteiger charge is -2.30. The minimum Gasteiger partial charge on any atom is -0.295 e. The van der Waals surface area contributed by atoms with Crippen molar-refractivity contribution in [2.75, 3.05) is 0 Å². The van der Waals surface area contributed by atoms with Gasteiger partial charge in [0.1, 0.15) is 0 Å². The van der Waals surface area contributed by atoms with Gasteiger partial charge in [-0.15, -0.1) is 0 Å². The number of carbonyl (C=O) groups is 2. The second kappa shape index (κ2) is 7.57. The predicted octanol–water partition coefficient (Wildman–Crippen LogP) is 3.97. The Bertz CT molecular complexity index is 1400. The number of ketones is 2. The third-order valence-corrected chi connectivity index (χ3v) is 6.06. The maximum absolute atomic E-state index is 13.2. The van der Waals surface area contributed by atoms with Crippen molar-refractivity contribution in [1.82, 2.24) is 9.78 Å². The van der Waals surface area contributed by atoms with E-state index in [0.29, 0.717) is 28.1 Å². The first-order valence-corrected chi connectivity index (χ1v) is 10.4. The summed E-state index contributed by atoms with van der Waals surface area (Å²) in [6, 6.07) is 14.5. The Balaban J connectivity index is 1.51. The van der Waals surface area contributed by atoms with Crippen LogP contribution in [0, 0.1) is 25.7 Å². The predicted molar refractivity (Wildman–Crippen MR) is 123 cm³/mol. The van der Waals surface area contributed by atoms with E-state index in [1.165, 1.54) is 10.9 Å². The molecule has 0 saturated carbocycles. The Hall–Kier alpha value is -4.06. The number of nitrogens with zero attached hydrogens (tertiary/aromatic N) is 2. The fraction of sp³-hybridized carbons (Fsp3) is 0.154. The van der Waals surface area contributed by atoms with Gasteiger partial charge in [0.05, 0.1) is 28.8 Å². The molecule has 5 rings (SSSR count). The van der Waals surface area contributed by atoms with Gasteiger partial charge in [-0.3, -0.25) is 24.5 Å². The minimum absolute atomic E-state index is 0.0817. The van der Waals surface area contributed by atoms with Gasteiger partial charge in [-0.05, 0) is 32.1 Å². The molecule has 0 spiro atoms. The number of aryl methyl sites for hydroxylation is 2. The van der Waals surface area contributed by atoms with E-state index < -0.39 is 11.8 Å². The highest BCUT2D eigenvalue weighted by Crippen LogP contribution is 2.38. The average molecular weight is 423 g/mol. The van der Waals surface area contributed by atoms with E-state index in [2.05, 4.69) is 10.1 Å². The number of aromatic amines is 1. The topological polar surface area (TPSA) is 84.3 Å². The summed E-state index contributed by atoms with van der Waals surface area (Å²) in [5.74, 6) is -1.47. The highest BCUT2D eigenvalue weighted by Gasteiger charge is 2.42. The first-order chi connectivity index (χ1) is 15.5. The molecule has 2 atom stereocenters. The Labute approximate surface area is 184 Å². The van der Waals surface area contributed by atoms with Crippen LogP contribution < -0.4 is 5.56 Å². The molecule has 6 heteroatoms. The highest BCUT2D eigenvalue weighted by molar-refractivity contribution is 6.17. The first kappa shape index (κ1) is 19.9. The molecule has 0 unspecified atom stereocenters. The van der Waals surface area contributed by atoms with Gasteiger partial charge in [-0.25, -0.2) is 4.68 Å². The molecule has 1 N–H and O–H groups in total. The van der Waals surface area contributed by atoms with Crippen molar-refractivity contribution < 1.29 is 9.59 Å². The lowest BCUT2D eigenvalue weighted by molar-refractivity contribution is 0.0793. The highest BCUT2D eigenvalue weighted by atomic mass is 16.1. The van der Waals surface area contributed by atoms with Crippen molar-refractivity contribution >= 4 is 17.8 Å². The number of benzene rings is 2. The molecular weight excluding hydrogens is 402 g/mol. The maximum Gasteiger partial charge on any atom is 0.280 e. The van der Waals surface area contributed by atoms with E-state index in [4.69, 9.17) is 0 Å². The van der Waals surface area contributed by atoms with E-state index >= 15 is 0 Å². The monoisotopic (exact) mass is 423 g/mol. The van der Waals surface area contributed by atoms with Crippen LogP contribution in [0.3, 0.4) is 0 Å². The molecule has 0 saturated heterocycles. The third-order valence-electron chi connectivity index (χ3n) is 6.06. The van der Waals surface area contributed by atoms with E-state index in [9.17, 15) is 14.4 Å². The summed E-state index contributed by atoms with van der Waals surface area (Å²) in [5.41, 5.74) is 4.04. The van der Waals surface area contributed by atoms with Crippen molar-refractivity contribution in [2.45, 2.75) is 13.8 Å². The summed E-state index contributed by atoms with van der Waals surface area (Å²) in [6.45, 7) is 3.79. The molecule has 32 heavy (non-hydrogen) atoms. The number of nitrogens with one attached hydrogen (secondary N) is 1. The molecule has 1 heterocycles.